The van der Waals surface area contributed by atoms with Gasteiger partial charge in [-0.1, -0.05) is 6.08 Å². The second-order valence-corrected chi connectivity index (χ2v) is 3.03. The Balaban J connectivity index is 2.26. The molecule has 3 rings (SSSR count). The van der Waals surface area contributed by atoms with Crippen LogP contribution in [0.1, 0.15) is 11.3 Å². The van der Waals surface area contributed by atoms with Crippen LogP contribution in [0.5, 0.6) is 0 Å². The lowest BCUT2D eigenvalue weighted by molar-refractivity contribution is 1.13. The molecule has 0 unspecified atom stereocenters. The summed E-state index contributed by atoms with van der Waals surface area (Å²) in [6, 6.07) is 2.09. The van der Waals surface area contributed by atoms with Gasteiger partial charge in [0, 0.05) is 30.1 Å². The predicted molar refractivity (Wildman–Crippen MR) is 48.3 cm³/mol. The van der Waals surface area contributed by atoms with Crippen molar-refractivity contribution in [1.29, 1.82) is 0 Å². The van der Waals surface area contributed by atoms with E-state index < -0.39 is 0 Å². The van der Waals surface area contributed by atoms with Crippen LogP contribution < -0.4 is 0 Å². The van der Waals surface area contributed by atoms with Gasteiger partial charge >= 0.3 is 0 Å². The second-order valence-electron chi connectivity index (χ2n) is 3.03. The topological polar surface area (TPSA) is 28.1 Å². The van der Waals surface area contributed by atoms with Crippen molar-refractivity contribution in [2.24, 2.45) is 4.99 Å². The normalized spacial score (nSPS) is 18.3. The number of rotatable bonds is 0. The molecule has 58 valence electrons. The van der Waals surface area contributed by atoms with Crippen molar-refractivity contribution in [2.75, 3.05) is 0 Å². The van der Waals surface area contributed by atoms with Crippen molar-refractivity contribution >= 4 is 5.71 Å². The van der Waals surface area contributed by atoms with Crippen LogP contribution in [-0.2, 0) is 6.42 Å². The first kappa shape index (κ1) is 6.00. The van der Waals surface area contributed by atoms with E-state index >= 15 is 0 Å². The number of nitrogens with zero attached hydrogens (tertiary/aromatic N) is 1. The van der Waals surface area contributed by atoms with Gasteiger partial charge in [0.05, 0.1) is 5.71 Å². The quantitative estimate of drug-likeness (QED) is 0.593. The van der Waals surface area contributed by atoms with Crippen molar-refractivity contribution in [3.05, 3.63) is 47.4 Å². The number of aromatic amines is 1. The largest absolute Gasteiger partial charge is 0.364 e. The Morgan fingerprint density at radius 1 is 1.42 bits per heavy atom. The maximum Gasteiger partial charge on any atom is 0.0789 e. The van der Waals surface area contributed by atoms with Crippen LogP contribution in [-0.4, -0.2) is 10.7 Å². The van der Waals surface area contributed by atoms with E-state index in [0.717, 1.165) is 12.1 Å². The Kier molecular flexibility index (Phi) is 0.987. The summed E-state index contributed by atoms with van der Waals surface area (Å²) in [5, 5.41) is 0. The number of aromatic nitrogens is 1. The monoisotopic (exact) mass is 156 g/mol. The van der Waals surface area contributed by atoms with Gasteiger partial charge in [-0.15, -0.1) is 0 Å². The average Bonchev–Trinajstić information content (AvgIpc) is 2.71. The minimum atomic E-state index is 1.00. The third-order valence-electron chi connectivity index (χ3n) is 2.35. The van der Waals surface area contributed by atoms with Crippen molar-refractivity contribution in [3.8, 4) is 0 Å². The molecular formula is C10H8N2. The lowest BCUT2D eigenvalue weighted by Crippen LogP contribution is -2.08. The molecule has 2 heterocycles. The van der Waals surface area contributed by atoms with Gasteiger partial charge in [0.2, 0.25) is 0 Å². The molecule has 0 aromatic carbocycles. The van der Waals surface area contributed by atoms with Gasteiger partial charge in [0.25, 0.3) is 0 Å². The molecule has 0 saturated carbocycles. The van der Waals surface area contributed by atoms with Gasteiger partial charge in [-0.05, 0) is 17.7 Å². The van der Waals surface area contributed by atoms with Crippen LogP contribution in [0.4, 0.5) is 0 Å². The van der Waals surface area contributed by atoms with Gasteiger partial charge in [0.1, 0.15) is 0 Å². The summed E-state index contributed by atoms with van der Waals surface area (Å²) in [5.41, 5.74) is 4.93. The molecule has 12 heavy (non-hydrogen) atoms. The summed E-state index contributed by atoms with van der Waals surface area (Å²) >= 11 is 0. The first-order valence-electron chi connectivity index (χ1n) is 4.06. The van der Waals surface area contributed by atoms with Crippen LogP contribution in [0.25, 0.3) is 0 Å². The van der Waals surface area contributed by atoms with Crippen molar-refractivity contribution in [3.63, 3.8) is 0 Å². The fraction of sp³-hybridized carbons (Fsp3) is 0.100. The molecule has 0 spiro atoms. The molecule has 0 bridgehead atoms. The Labute approximate surface area is 70.3 Å². The van der Waals surface area contributed by atoms with E-state index in [1.165, 1.54) is 16.8 Å². The Morgan fingerprint density at radius 3 is 3.42 bits per heavy atom. The number of hydrogen-bond donors (Lipinski definition) is 1. The molecule has 2 heteroatoms. The highest BCUT2D eigenvalue weighted by molar-refractivity contribution is 6.17. The Morgan fingerprint density at radius 2 is 2.42 bits per heavy atom. The highest BCUT2D eigenvalue weighted by Crippen LogP contribution is 2.24. The van der Waals surface area contributed by atoms with Crippen LogP contribution in [0, 0.1) is 0 Å². The van der Waals surface area contributed by atoms with Crippen molar-refractivity contribution < 1.29 is 0 Å². The highest BCUT2D eigenvalue weighted by Gasteiger charge is 2.19. The molecule has 1 aromatic rings. The van der Waals surface area contributed by atoms with Crippen molar-refractivity contribution in [2.45, 2.75) is 6.42 Å². The van der Waals surface area contributed by atoms with Crippen molar-refractivity contribution in [1.82, 2.24) is 4.98 Å². The summed E-state index contributed by atoms with van der Waals surface area (Å²) in [4.78, 5) is 7.54. The van der Waals surface area contributed by atoms with Gasteiger partial charge < -0.3 is 4.98 Å². The minimum Gasteiger partial charge on any atom is -0.364 e. The zero-order chi connectivity index (χ0) is 7.97. The molecule has 0 amide bonds. The van der Waals surface area contributed by atoms with E-state index in [-0.39, 0.29) is 0 Å². The maximum atomic E-state index is 4.32. The van der Waals surface area contributed by atoms with E-state index in [4.69, 9.17) is 0 Å². The molecule has 2 aliphatic rings. The summed E-state index contributed by atoms with van der Waals surface area (Å²) in [7, 11) is 0. The van der Waals surface area contributed by atoms with E-state index in [9.17, 15) is 0 Å². The van der Waals surface area contributed by atoms with Crippen LogP contribution >= 0.6 is 0 Å². The number of hydrogen-bond acceptors (Lipinski definition) is 1. The second kappa shape index (κ2) is 1.97. The smallest absolute Gasteiger partial charge is 0.0789 e. The lowest BCUT2D eigenvalue weighted by Gasteiger charge is -2.09. The Hall–Kier alpha value is -1.57. The van der Waals surface area contributed by atoms with Crippen LogP contribution in [0.15, 0.2) is 41.2 Å². The molecule has 1 N–H and O–H groups in total. The van der Waals surface area contributed by atoms with E-state index in [0.29, 0.717) is 0 Å². The molecule has 1 aliphatic carbocycles. The van der Waals surface area contributed by atoms with Crippen LogP contribution in [0.2, 0.25) is 0 Å². The highest BCUT2D eigenvalue weighted by atomic mass is 14.8. The summed E-state index contributed by atoms with van der Waals surface area (Å²) in [6.07, 6.45) is 9.11. The molecule has 1 aromatic heterocycles. The van der Waals surface area contributed by atoms with E-state index in [2.05, 4.69) is 28.2 Å². The predicted octanol–water partition coefficient (Wildman–Crippen LogP) is 1.81. The number of aliphatic imine (C=N–C) groups is 1. The van der Waals surface area contributed by atoms with E-state index in [1.54, 1.807) is 0 Å². The molecule has 2 nitrogen and oxygen atoms in total. The van der Waals surface area contributed by atoms with E-state index in [1.807, 2.05) is 12.4 Å². The molecule has 1 aliphatic heterocycles. The lowest BCUT2D eigenvalue weighted by atomic mass is 9.96. The standard InChI is InChI=1S/C10H8N2/c1-2-9-8(4-6-11-9)10-7(1)3-5-12-10/h1,3-6,11H,2H2. The van der Waals surface area contributed by atoms with Gasteiger partial charge in [0.15, 0.2) is 0 Å². The minimum absolute atomic E-state index is 1.00. The van der Waals surface area contributed by atoms with Gasteiger partial charge in [-0.25, -0.2) is 0 Å². The molecule has 0 atom stereocenters. The first-order valence-corrected chi connectivity index (χ1v) is 4.06. The number of nitrogens with one attached hydrogen (secondary N) is 1. The summed E-state index contributed by atoms with van der Waals surface area (Å²) in [6.45, 7) is 0. The molecule has 0 saturated heterocycles. The van der Waals surface area contributed by atoms with Gasteiger partial charge in [-0.3, -0.25) is 4.99 Å². The third kappa shape index (κ3) is 0.619. The summed E-state index contributed by atoms with van der Waals surface area (Å²) in [5.74, 6) is 0. The van der Waals surface area contributed by atoms with Gasteiger partial charge in [-0.2, -0.15) is 0 Å². The number of H-pyrrole nitrogens is 1. The van der Waals surface area contributed by atoms with Crippen LogP contribution in [0.3, 0.4) is 0 Å². The fourth-order valence-corrected chi connectivity index (χ4v) is 1.74. The average molecular weight is 156 g/mol. The first-order chi connectivity index (χ1) is 5.95. The fourth-order valence-electron chi connectivity index (χ4n) is 1.74. The molecular weight excluding hydrogens is 148 g/mol. The Bertz CT molecular complexity index is 419. The third-order valence-corrected chi connectivity index (χ3v) is 2.35. The maximum absolute atomic E-state index is 4.32. The zero-order valence-electron chi connectivity index (χ0n) is 6.54. The zero-order valence-corrected chi connectivity index (χ0v) is 6.54. The molecule has 0 radical (unpaired) electrons. The number of allylic oxidation sites excluding steroid dienone is 3. The summed E-state index contributed by atoms with van der Waals surface area (Å²) < 4.78 is 0. The number of fused-ring (bicyclic) bond motifs is 3. The SMILES string of the molecule is C1=CC2=CCc3[nH]ccc3C2=N1. The molecule has 0 fully saturated rings.